The number of halogens is 1. The van der Waals surface area contributed by atoms with E-state index in [0.29, 0.717) is 11.0 Å². The van der Waals surface area contributed by atoms with E-state index in [-0.39, 0.29) is 29.8 Å². The third kappa shape index (κ3) is 5.37. The lowest BCUT2D eigenvalue weighted by atomic mass is 9.77. The predicted octanol–water partition coefficient (Wildman–Crippen LogP) is 5.99. The van der Waals surface area contributed by atoms with Crippen molar-refractivity contribution in [2.24, 2.45) is 0 Å². The summed E-state index contributed by atoms with van der Waals surface area (Å²) >= 11 is 5.95. The maximum Gasteiger partial charge on any atom is 0.492 e. The molecule has 0 bridgehead atoms. The summed E-state index contributed by atoms with van der Waals surface area (Å²) in [4.78, 5) is 28.4. The average molecular weight is 561 g/mol. The van der Waals surface area contributed by atoms with Crippen molar-refractivity contribution in [1.29, 1.82) is 0 Å². The second-order valence-corrected chi connectivity index (χ2v) is 11.3. The van der Waals surface area contributed by atoms with E-state index in [9.17, 15) is 14.7 Å². The zero-order valence-electron chi connectivity index (χ0n) is 22.7. The third-order valence-corrected chi connectivity index (χ3v) is 8.08. The van der Waals surface area contributed by atoms with Gasteiger partial charge in [-0.2, -0.15) is 0 Å². The number of carbonyl (C=O) groups is 2. The number of pyridine rings is 1. The molecule has 0 unspecified atom stereocenters. The monoisotopic (exact) mass is 560 g/mol. The first kappa shape index (κ1) is 27.9. The molecule has 0 atom stereocenters. The lowest BCUT2D eigenvalue weighted by Gasteiger charge is -2.32. The molecular formula is C30H30BClN2O6. The van der Waals surface area contributed by atoms with E-state index in [2.05, 4.69) is 34.6 Å². The number of rotatable bonds is 7. The Hall–Kier alpha value is -3.66. The minimum absolute atomic E-state index is 0.0402. The van der Waals surface area contributed by atoms with Gasteiger partial charge < -0.3 is 24.5 Å². The maximum absolute atomic E-state index is 12.9. The first-order valence-corrected chi connectivity index (χ1v) is 13.4. The number of fused-ring (bicyclic) bond motifs is 3. The largest absolute Gasteiger partial charge is 0.492 e. The second-order valence-electron chi connectivity index (χ2n) is 10.9. The SMILES string of the molecule is CC1(C)OB(C(=Cc2cnc(Cl)c(C(=O)O)c2)CNC(=O)OCC2c3ccccc3-c3ccccc32)OC1(C)C. The summed E-state index contributed by atoms with van der Waals surface area (Å²) in [5.74, 6) is -1.26. The van der Waals surface area contributed by atoms with E-state index in [4.69, 9.17) is 25.6 Å². The van der Waals surface area contributed by atoms with Crippen LogP contribution in [-0.2, 0) is 14.0 Å². The van der Waals surface area contributed by atoms with E-state index in [1.54, 1.807) is 6.08 Å². The van der Waals surface area contributed by atoms with Crippen molar-refractivity contribution >= 4 is 36.9 Å². The Morgan fingerprint density at radius 1 is 1.05 bits per heavy atom. The van der Waals surface area contributed by atoms with Crippen LogP contribution in [0.3, 0.4) is 0 Å². The Labute approximate surface area is 238 Å². The molecule has 10 heteroatoms. The average Bonchev–Trinajstić information content (AvgIpc) is 3.35. The van der Waals surface area contributed by atoms with Crippen LogP contribution < -0.4 is 5.32 Å². The predicted molar refractivity (Wildman–Crippen MR) is 153 cm³/mol. The van der Waals surface area contributed by atoms with Crippen LogP contribution >= 0.6 is 11.6 Å². The molecule has 0 spiro atoms. The van der Waals surface area contributed by atoms with E-state index < -0.39 is 30.4 Å². The van der Waals surface area contributed by atoms with Gasteiger partial charge in [0.05, 0.1) is 16.8 Å². The van der Waals surface area contributed by atoms with Gasteiger partial charge in [0.1, 0.15) is 11.8 Å². The number of alkyl carbamates (subject to hydrolysis) is 1. The van der Waals surface area contributed by atoms with Gasteiger partial charge in [0.25, 0.3) is 0 Å². The van der Waals surface area contributed by atoms with Crippen molar-refractivity contribution in [2.45, 2.75) is 44.8 Å². The fourth-order valence-corrected chi connectivity index (χ4v) is 5.11. The Bertz CT molecular complexity index is 1440. The minimum Gasteiger partial charge on any atom is -0.478 e. The van der Waals surface area contributed by atoms with Gasteiger partial charge in [-0.25, -0.2) is 14.6 Å². The molecule has 3 aromatic rings. The zero-order chi connectivity index (χ0) is 28.7. The van der Waals surface area contributed by atoms with Gasteiger partial charge in [0.2, 0.25) is 0 Å². The molecule has 1 aliphatic carbocycles. The minimum atomic E-state index is -1.19. The number of amides is 1. The van der Waals surface area contributed by atoms with Crippen LogP contribution in [0, 0.1) is 0 Å². The Morgan fingerprint density at radius 3 is 2.20 bits per heavy atom. The van der Waals surface area contributed by atoms with Crippen molar-refractivity contribution in [3.63, 3.8) is 0 Å². The number of carboxylic acid groups (broad SMARTS) is 1. The van der Waals surface area contributed by atoms with Gasteiger partial charge in [0, 0.05) is 18.7 Å². The summed E-state index contributed by atoms with van der Waals surface area (Å²) in [7, 11) is -0.789. The normalized spacial score (nSPS) is 17.3. The number of hydrogen-bond acceptors (Lipinski definition) is 6. The van der Waals surface area contributed by atoms with Crippen molar-refractivity contribution in [3.05, 3.63) is 93.7 Å². The van der Waals surface area contributed by atoms with E-state index in [0.717, 1.165) is 22.3 Å². The van der Waals surface area contributed by atoms with Gasteiger partial charge in [0.15, 0.2) is 0 Å². The maximum atomic E-state index is 12.9. The van der Waals surface area contributed by atoms with Crippen LogP contribution in [0.4, 0.5) is 4.79 Å². The first-order valence-electron chi connectivity index (χ1n) is 13.0. The number of carboxylic acids is 1. The molecule has 1 saturated heterocycles. The third-order valence-electron chi connectivity index (χ3n) is 7.78. The van der Waals surface area contributed by atoms with Gasteiger partial charge in [-0.05, 0) is 67.1 Å². The highest BCUT2D eigenvalue weighted by atomic mass is 35.5. The molecule has 5 rings (SSSR count). The van der Waals surface area contributed by atoms with Crippen molar-refractivity contribution in [1.82, 2.24) is 10.3 Å². The molecule has 1 aliphatic heterocycles. The number of aromatic carboxylic acids is 1. The first-order chi connectivity index (χ1) is 19.0. The van der Waals surface area contributed by atoms with E-state index >= 15 is 0 Å². The van der Waals surface area contributed by atoms with E-state index in [1.165, 1.54) is 12.3 Å². The zero-order valence-corrected chi connectivity index (χ0v) is 23.5. The number of nitrogens with one attached hydrogen (secondary N) is 1. The number of benzene rings is 2. The van der Waals surface area contributed by atoms with E-state index in [1.807, 2.05) is 52.0 Å². The number of nitrogens with zero attached hydrogens (tertiary/aromatic N) is 1. The quantitative estimate of drug-likeness (QED) is 0.270. The van der Waals surface area contributed by atoms with Crippen LogP contribution in [0.2, 0.25) is 5.15 Å². The van der Waals surface area contributed by atoms with Crippen molar-refractivity contribution in [2.75, 3.05) is 13.2 Å². The fraction of sp³-hybridized carbons (Fsp3) is 0.300. The van der Waals surface area contributed by atoms with Gasteiger partial charge >= 0.3 is 19.2 Å². The molecule has 206 valence electrons. The molecule has 0 saturated carbocycles. The molecule has 2 aliphatic rings. The highest BCUT2D eigenvalue weighted by Crippen LogP contribution is 2.44. The van der Waals surface area contributed by atoms with Crippen LogP contribution in [0.15, 0.2) is 66.3 Å². The number of ether oxygens (including phenoxy) is 1. The molecule has 2 heterocycles. The Morgan fingerprint density at radius 2 is 1.62 bits per heavy atom. The Kier molecular flexibility index (Phi) is 7.48. The molecule has 8 nitrogen and oxygen atoms in total. The Balaban J connectivity index is 1.33. The number of aromatic nitrogens is 1. The molecule has 0 radical (unpaired) electrons. The fourth-order valence-electron chi connectivity index (χ4n) is 4.93. The summed E-state index contributed by atoms with van der Waals surface area (Å²) in [5, 5.41) is 12.1. The van der Waals surface area contributed by atoms with Crippen LogP contribution in [0.5, 0.6) is 0 Å². The summed E-state index contributed by atoms with van der Waals surface area (Å²) in [5.41, 5.74) is 4.21. The standard InChI is InChI=1S/C30H30BClN2O6/c1-29(2)30(3,4)40-31(39-29)19(13-18-14-24(27(35)36)26(32)33-15-18)16-34-28(37)38-17-25-22-11-7-5-9-20(22)21-10-6-8-12-23(21)25/h5-15,25H,16-17H2,1-4H3,(H,34,37)(H,35,36). The number of hydrogen-bond donors (Lipinski definition) is 2. The van der Waals surface area contributed by atoms with Crippen LogP contribution in [-0.4, -0.2) is 53.6 Å². The van der Waals surface area contributed by atoms with Crippen LogP contribution in [0.25, 0.3) is 17.2 Å². The van der Waals surface area contributed by atoms with Crippen LogP contribution in [0.1, 0.15) is 60.7 Å². The van der Waals surface area contributed by atoms with Crippen molar-refractivity contribution in [3.8, 4) is 11.1 Å². The molecule has 2 aromatic carbocycles. The summed E-state index contributed by atoms with van der Waals surface area (Å²) in [6.07, 6.45) is 2.54. The summed E-state index contributed by atoms with van der Waals surface area (Å²) in [6, 6.07) is 17.7. The van der Waals surface area contributed by atoms with Gasteiger partial charge in [-0.1, -0.05) is 66.2 Å². The summed E-state index contributed by atoms with van der Waals surface area (Å²) in [6.45, 7) is 7.93. The molecule has 40 heavy (non-hydrogen) atoms. The lowest BCUT2D eigenvalue weighted by Crippen LogP contribution is -2.41. The second kappa shape index (κ2) is 10.7. The van der Waals surface area contributed by atoms with Crippen molar-refractivity contribution < 1.29 is 28.7 Å². The number of carbonyl (C=O) groups excluding carboxylic acids is 1. The highest BCUT2D eigenvalue weighted by molar-refractivity contribution is 6.56. The molecule has 2 N–H and O–H groups in total. The smallest absolute Gasteiger partial charge is 0.478 e. The molecule has 1 amide bonds. The highest BCUT2D eigenvalue weighted by Gasteiger charge is 2.52. The van der Waals surface area contributed by atoms with Gasteiger partial charge in [-0.15, -0.1) is 0 Å². The topological polar surface area (TPSA) is 107 Å². The lowest BCUT2D eigenvalue weighted by molar-refractivity contribution is 0.00578. The molecular weight excluding hydrogens is 531 g/mol. The molecule has 1 fully saturated rings. The van der Waals surface area contributed by atoms with Gasteiger partial charge in [-0.3, -0.25) is 0 Å². The summed E-state index contributed by atoms with van der Waals surface area (Å²) < 4.78 is 18.1. The molecule has 1 aromatic heterocycles.